The Morgan fingerprint density at radius 2 is 2.17 bits per heavy atom. The summed E-state index contributed by atoms with van der Waals surface area (Å²) in [4.78, 5) is 4.74. The Hall–Kier alpha value is -0.940. The van der Waals surface area contributed by atoms with Crippen molar-refractivity contribution < 1.29 is 0 Å². The van der Waals surface area contributed by atoms with Crippen LogP contribution < -0.4 is 4.81 Å². The van der Waals surface area contributed by atoms with Crippen molar-refractivity contribution in [3.8, 4) is 0 Å². The molecule has 0 unspecified atom stereocenters. The number of H-pyrrole nitrogens is 1. The maximum atomic E-state index is 4.06. The molecule has 0 saturated carbocycles. The van der Waals surface area contributed by atoms with Gasteiger partial charge in [-0.1, -0.05) is 27.0 Å². The summed E-state index contributed by atoms with van der Waals surface area (Å²) >= 11 is 0. The maximum Gasteiger partial charge on any atom is 0.331 e. The highest BCUT2D eigenvalue weighted by Crippen LogP contribution is 2.20. The van der Waals surface area contributed by atoms with Crippen LogP contribution in [0.5, 0.6) is 0 Å². The fourth-order valence-electron chi connectivity index (χ4n) is 2.62. The molecule has 1 saturated heterocycles. The zero-order chi connectivity index (χ0) is 13.1. The van der Waals surface area contributed by atoms with E-state index in [9.17, 15) is 0 Å². The van der Waals surface area contributed by atoms with Gasteiger partial charge in [0.15, 0.2) is 0 Å². The molecular formula is C11H23B2N5. The van der Waals surface area contributed by atoms with Crippen LogP contribution in [0.2, 0.25) is 13.6 Å². The Morgan fingerprint density at radius 1 is 1.39 bits per heavy atom. The van der Waals surface area contributed by atoms with Crippen molar-refractivity contribution in [1.82, 2.24) is 19.7 Å². The molecule has 1 aromatic heterocycles. The molecule has 7 heteroatoms. The molecule has 0 spiro atoms. The Balaban J connectivity index is 2.13. The molecule has 0 bridgehead atoms. The number of hydrogen-bond donors (Lipinski definition) is 1. The number of nitrogens with zero attached hydrogens (tertiary/aromatic N) is 4. The fourth-order valence-corrected chi connectivity index (χ4v) is 2.62. The predicted octanol–water partition coefficient (Wildman–Crippen LogP) is 1.46. The molecule has 98 valence electrons. The number of unbranched alkanes of at least 4 members (excludes halogenated alkanes) is 1. The first-order valence-electron chi connectivity index (χ1n) is 6.87. The Morgan fingerprint density at radius 3 is 2.78 bits per heavy atom. The summed E-state index contributed by atoms with van der Waals surface area (Å²) < 4.78 is 2.55. The van der Waals surface area contributed by atoms with Gasteiger partial charge < -0.3 is 14.3 Å². The highest BCUT2D eigenvalue weighted by atomic mass is 15.4. The molecule has 2 heterocycles. The molecule has 18 heavy (non-hydrogen) atoms. The maximum absolute atomic E-state index is 4.06. The van der Waals surface area contributed by atoms with Gasteiger partial charge in [-0.2, -0.15) is 5.10 Å². The van der Waals surface area contributed by atoms with Crippen LogP contribution >= 0.6 is 0 Å². The van der Waals surface area contributed by atoms with E-state index in [4.69, 9.17) is 0 Å². The minimum atomic E-state index is 0.406. The molecule has 1 aliphatic heterocycles. The highest BCUT2D eigenvalue weighted by Gasteiger charge is 2.39. The van der Waals surface area contributed by atoms with E-state index in [-0.39, 0.29) is 0 Å². The minimum absolute atomic E-state index is 0.406. The number of hydrogen-bond acceptors (Lipinski definition) is 4. The summed E-state index contributed by atoms with van der Waals surface area (Å²) in [6, 6.07) is 2.04. The minimum Gasteiger partial charge on any atom is -0.375 e. The molecule has 0 aliphatic carbocycles. The van der Waals surface area contributed by atoms with Crippen LogP contribution in [0.3, 0.4) is 0 Å². The zero-order valence-corrected chi connectivity index (χ0v) is 11.9. The van der Waals surface area contributed by atoms with Crippen molar-refractivity contribution in [2.24, 2.45) is 0 Å². The van der Waals surface area contributed by atoms with Gasteiger partial charge in [0.25, 0.3) is 6.98 Å². The van der Waals surface area contributed by atoms with Crippen LogP contribution in [0.1, 0.15) is 19.8 Å². The Bertz CT molecular complexity index is 358. The molecule has 0 aromatic carbocycles. The van der Waals surface area contributed by atoms with Gasteiger partial charge in [0, 0.05) is 0 Å². The number of nitrogens with one attached hydrogen (secondary N) is 1. The van der Waals surface area contributed by atoms with Crippen molar-refractivity contribution in [2.45, 2.75) is 33.4 Å². The van der Waals surface area contributed by atoms with E-state index < -0.39 is 0 Å². The lowest BCUT2D eigenvalue weighted by Crippen LogP contribution is -2.69. The zero-order valence-electron chi connectivity index (χ0n) is 11.9. The van der Waals surface area contributed by atoms with Crippen LogP contribution in [0.15, 0.2) is 12.3 Å². The molecule has 5 nitrogen and oxygen atoms in total. The van der Waals surface area contributed by atoms with Crippen LogP contribution in [0, 0.1) is 0 Å². The first kappa shape index (κ1) is 13.5. The van der Waals surface area contributed by atoms with Crippen LogP contribution in [-0.4, -0.2) is 54.0 Å². The third kappa shape index (κ3) is 2.57. The van der Waals surface area contributed by atoms with Gasteiger partial charge in [-0.3, -0.25) is 5.10 Å². The second kappa shape index (κ2) is 5.80. The highest BCUT2D eigenvalue weighted by molar-refractivity contribution is 6.73. The van der Waals surface area contributed by atoms with Crippen LogP contribution in [-0.2, 0) is 0 Å². The molecule has 0 amide bonds. The van der Waals surface area contributed by atoms with Gasteiger partial charge >= 0.3 is 6.98 Å². The quantitative estimate of drug-likeness (QED) is 0.817. The van der Waals surface area contributed by atoms with Gasteiger partial charge in [0.2, 0.25) is 0 Å². The van der Waals surface area contributed by atoms with Gasteiger partial charge in [-0.25, -0.2) is 0 Å². The molecule has 2 rings (SSSR count). The van der Waals surface area contributed by atoms with E-state index in [0.29, 0.717) is 14.0 Å². The first-order valence-corrected chi connectivity index (χ1v) is 6.87. The lowest BCUT2D eigenvalue weighted by Gasteiger charge is -2.48. The lowest BCUT2D eigenvalue weighted by molar-refractivity contribution is 0.435. The molecule has 0 atom stereocenters. The van der Waals surface area contributed by atoms with E-state index in [1.165, 1.54) is 12.8 Å². The van der Waals surface area contributed by atoms with Crippen molar-refractivity contribution in [2.75, 3.05) is 25.1 Å². The smallest absolute Gasteiger partial charge is 0.331 e. The second-order valence-corrected chi connectivity index (χ2v) is 5.17. The van der Waals surface area contributed by atoms with Crippen LogP contribution in [0.25, 0.3) is 0 Å². The molecule has 1 aliphatic rings. The van der Waals surface area contributed by atoms with E-state index in [1.54, 1.807) is 0 Å². The number of rotatable bonds is 4. The fraction of sp³-hybridized carbons (Fsp3) is 0.727. The lowest BCUT2D eigenvalue weighted by atomic mass is 9.57. The summed E-state index contributed by atoms with van der Waals surface area (Å²) in [6.07, 6.45) is 4.31. The van der Waals surface area contributed by atoms with Crippen molar-refractivity contribution in [3.63, 3.8) is 0 Å². The molecule has 0 radical (unpaired) electrons. The third-order valence-corrected chi connectivity index (χ3v) is 3.99. The average Bonchev–Trinajstić information content (AvgIpc) is 2.87. The number of aromatic amines is 1. The topological polar surface area (TPSA) is 38.4 Å². The van der Waals surface area contributed by atoms with Crippen molar-refractivity contribution >= 4 is 19.8 Å². The van der Waals surface area contributed by atoms with Crippen molar-refractivity contribution in [1.29, 1.82) is 0 Å². The Kier molecular flexibility index (Phi) is 4.35. The third-order valence-electron chi connectivity index (χ3n) is 3.99. The first-order chi connectivity index (χ1) is 8.65. The Labute approximate surface area is 111 Å². The number of aromatic nitrogens is 2. The summed E-state index contributed by atoms with van der Waals surface area (Å²) in [7, 11) is 2.18. The van der Waals surface area contributed by atoms with Gasteiger partial charge in [-0.05, 0) is 26.1 Å². The standard InChI is InChI=1S/C11H23B2N5/c1-5-6-9-18-12(2)16(4)10-17(13(18)3)11-7-8-14-15-11/h7-8H,5-6,9-10H2,1-4H3,(H,14,15). The SMILES string of the molecule is CCCCN1B(C)N(C)CN(c2ccn[nH]2)B1C. The van der Waals surface area contributed by atoms with Crippen molar-refractivity contribution in [3.05, 3.63) is 12.3 Å². The number of anilines is 1. The van der Waals surface area contributed by atoms with Gasteiger partial charge in [0.1, 0.15) is 5.82 Å². The molecule has 1 N–H and O–H groups in total. The largest absolute Gasteiger partial charge is 0.375 e. The van der Waals surface area contributed by atoms with E-state index >= 15 is 0 Å². The van der Waals surface area contributed by atoms with E-state index in [0.717, 1.165) is 19.0 Å². The van der Waals surface area contributed by atoms with E-state index in [1.807, 2.05) is 12.3 Å². The monoisotopic (exact) mass is 247 g/mol. The van der Waals surface area contributed by atoms with E-state index in [2.05, 4.69) is 52.2 Å². The summed E-state index contributed by atoms with van der Waals surface area (Å²) in [6.45, 7) is 9.79. The predicted molar refractivity (Wildman–Crippen MR) is 78.5 cm³/mol. The summed E-state index contributed by atoms with van der Waals surface area (Å²) in [5.41, 5.74) is 0. The summed E-state index contributed by atoms with van der Waals surface area (Å²) in [5.74, 6) is 1.10. The van der Waals surface area contributed by atoms with Crippen LogP contribution in [0.4, 0.5) is 5.82 Å². The molecular weight excluding hydrogens is 224 g/mol. The van der Waals surface area contributed by atoms with Gasteiger partial charge in [-0.15, -0.1) is 0 Å². The van der Waals surface area contributed by atoms with Gasteiger partial charge in [0.05, 0.1) is 12.9 Å². The molecule has 1 aromatic rings. The molecule has 1 fully saturated rings. The summed E-state index contributed by atoms with van der Waals surface area (Å²) in [5, 5.41) is 7.13. The average molecular weight is 247 g/mol. The normalized spacial score (nSPS) is 18.8. The second-order valence-electron chi connectivity index (χ2n) is 5.17.